The summed E-state index contributed by atoms with van der Waals surface area (Å²) in [5, 5.41) is 0.479. The van der Waals surface area contributed by atoms with Crippen LogP contribution in [0, 0.1) is 0 Å². The van der Waals surface area contributed by atoms with Crippen molar-refractivity contribution < 1.29 is 9.59 Å². The molecule has 4 heteroatoms. The lowest BCUT2D eigenvalue weighted by molar-refractivity contribution is -0.114. The van der Waals surface area contributed by atoms with E-state index in [1.807, 2.05) is 6.08 Å². The fourth-order valence-electron chi connectivity index (χ4n) is 2.23. The van der Waals surface area contributed by atoms with E-state index in [4.69, 9.17) is 11.6 Å². The zero-order chi connectivity index (χ0) is 13.8. The lowest BCUT2D eigenvalue weighted by Gasteiger charge is -2.16. The molecule has 19 heavy (non-hydrogen) atoms. The second kappa shape index (κ2) is 6.02. The van der Waals surface area contributed by atoms with Gasteiger partial charge in [0, 0.05) is 11.6 Å². The van der Waals surface area contributed by atoms with Gasteiger partial charge in [-0.25, -0.2) is 0 Å². The maximum absolute atomic E-state index is 11.9. The Labute approximate surface area is 117 Å². The number of carbonyl (C=O) groups excluding carboxylic acids is 2. The van der Waals surface area contributed by atoms with Crippen LogP contribution in [0.1, 0.15) is 36.0 Å². The largest absolute Gasteiger partial charge is 0.305 e. The van der Waals surface area contributed by atoms with Gasteiger partial charge in [-0.2, -0.15) is 0 Å². The first kappa shape index (κ1) is 13.8. The zero-order valence-corrected chi connectivity index (χ0v) is 11.4. The van der Waals surface area contributed by atoms with Crippen molar-refractivity contribution >= 4 is 29.0 Å². The molecule has 1 aliphatic heterocycles. The number of amides is 1. The number of anilines is 1. The number of nitrogens with zero attached hydrogens (tertiary/aromatic N) is 1. The van der Waals surface area contributed by atoms with Gasteiger partial charge in [-0.15, -0.1) is 6.58 Å². The van der Waals surface area contributed by atoms with Crippen LogP contribution in [0.5, 0.6) is 0 Å². The zero-order valence-electron chi connectivity index (χ0n) is 10.7. The summed E-state index contributed by atoms with van der Waals surface area (Å²) in [6.45, 7) is 4.25. The highest BCUT2D eigenvalue weighted by atomic mass is 35.5. The van der Waals surface area contributed by atoms with Crippen LogP contribution in [-0.2, 0) is 4.79 Å². The normalized spacial score (nSPS) is 13.8. The fraction of sp³-hybridized carbons (Fsp3) is 0.333. The van der Waals surface area contributed by atoms with E-state index in [1.54, 1.807) is 23.1 Å². The van der Waals surface area contributed by atoms with Gasteiger partial charge in [-0.1, -0.05) is 24.1 Å². The van der Waals surface area contributed by atoms with E-state index >= 15 is 0 Å². The first-order valence-corrected chi connectivity index (χ1v) is 6.79. The molecule has 0 N–H and O–H groups in total. The van der Waals surface area contributed by atoms with Crippen LogP contribution >= 0.6 is 11.6 Å². The Kier molecular flexibility index (Phi) is 4.38. The van der Waals surface area contributed by atoms with Crippen LogP contribution in [0.4, 0.5) is 5.69 Å². The Balaban J connectivity index is 2.04. The molecule has 0 spiro atoms. The number of carbonyl (C=O) groups is 2. The predicted molar refractivity (Wildman–Crippen MR) is 76.8 cm³/mol. The minimum atomic E-state index is -0.455. The van der Waals surface area contributed by atoms with E-state index in [0.29, 0.717) is 22.8 Å². The molecule has 0 aromatic heterocycles. The highest BCUT2D eigenvalue weighted by Crippen LogP contribution is 2.31. The van der Waals surface area contributed by atoms with E-state index in [2.05, 4.69) is 6.58 Å². The topological polar surface area (TPSA) is 37.4 Å². The van der Waals surface area contributed by atoms with Gasteiger partial charge < -0.3 is 4.90 Å². The summed E-state index contributed by atoms with van der Waals surface area (Å²) in [6.07, 6.45) is 5.84. The second-order valence-electron chi connectivity index (χ2n) is 4.59. The molecule has 1 heterocycles. The number of unbranched alkanes of at least 4 members (excludes halogenated alkanes) is 3. The van der Waals surface area contributed by atoms with Gasteiger partial charge >= 0.3 is 0 Å². The number of allylic oxidation sites excluding steroid dienone is 1. The van der Waals surface area contributed by atoms with Crippen molar-refractivity contribution in [1.82, 2.24) is 0 Å². The lowest BCUT2D eigenvalue weighted by atomic mass is 10.1. The summed E-state index contributed by atoms with van der Waals surface area (Å²) < 4.78 is 0. The molecule has 2 rings (SSSR count). The maximum Gasteiger partial charge on any atom is 0.299 e. The molecule has 1 aromatic carbocycles. The number of Topliss-reactive ketones (excluding diaryl/α,β-unsaturated/α-hetero) is 1. The molecule has 0 aliphatic carbocycles. The highest BCUT2D eigenvalue weighted by molar-refractivity contribution is 6.52. The SMILES string of the molecule is C=CCCCCCN1C(=O)C(=O)c2cc(Cl)ccc21. The van der Waals surface area contributed by atoms with Crippen molar-refractivity contribution in [3.05, 3.63) is 41.4 Å². The van der Waals surface area contributed by atoms with E-state index in [1.165, 1.54) is 0 Å². The third-order valence-corrected chi connectivity index (χ3v) is 3.46. The fourth-order valence-corrected chi connectivity index (χ4v) is 2.40. The molecule has 0 bridgehead atoms. The summed E-state index contributed by atoms with van der Waals surface area (Å²) in [5.74, 6) is -0.899. The van der Waals surface area contributed by atoms with Gasteiger partial charge in [0.1, 0.15) is 0 Å². The number of ketones is 1. The van der Waals surface area contributed by atoms with Crippen LogP contribution in [0.25, 0.3) is 0 Å². The average Bonchev–Trinajstić information content (AvgIpc) is 2.63. The summed E-state index contributed by atoms with van der Waals surface area (Å²) in [7, 11) is 0. The maximum atomic E-state index is 11.9. The highest BCUT2D eigenvalue weighted by Gasteiger charge is 2.35. The molecule has 100 valence electrons. The monoisotopic (exact) mass is 277 g/mol. The van der Waals surface area contributed by atoms with Gasteiger partial charge in [0.15, 0.2) is 0 Å². The third kappa shape index (κ3) is 2.87. The Bertz CT molecular complexity index is 525. The number of hydrogen-bond donors (Lipinski definition) is 0. The number of halogens is 1. The molecular weight excluding hydrogens is 262 g/mol. The van der Waals surface area contributed by atoms with E-state index < -0.39 is 11.7 Å². The molecule has 1 amide bonds. The summed E-state index contributed by atoms with van der Waals surface area (Å²) in [6, 6.07) is 5.01. The predicted octanol–water partition coefficient (Wildman–Crippen LogP) is 3.62. The van der Waals surface area contributed by atoms with E-state index in [0.717, 1.165) is 25.7 Å². The van der Waals surface area contributed by atoms with Gasteiger partial charge in [-0.3, -0.25) is 9.59 Å². The van der Waals surface area contributed by atoms with Gasteiger partial charge in [-0.05, 0) is 37.5 Å². The average molecular weight is 278 g/mol. The second-order valence-corrected chi connectivity index (χ2v) is 5.02. The molecule has 1 aliphatic rings. The van der Waals surface area contributed by atoms with Crippen LogP contribution in [-0.4, -0.2) is 18.2 Å². The van der Waals surface area contributed by atoms with Crippen LogP contribution in [0.15, 0.2) is 30.9 Å². The number of fused-ring (bicyclic) bond motifs is 1. The summed E-state index contributed by atoms with van der Waals surface area (Å²) >= 11 is 5.85. The number of rotatable bonds is 6. The smallest absolute Gasteiger partial charge is 0.299 e. The molecule has 0 atom stereocenters. The quantitative estimate of drug-likeness (QED) is 0.452. The van der Waals surface area contributed by atoms with Crippen molar-refractivity contribution in [2.45, 2.75) is 25.7 Å². The standard InChI is InChI=1S/C15H16ClNO2/c1-2-3-4-5-6-9-17-13-8-7-11(16)10-12(13)14(18)15(17)19/h2,7-8,10H,1,3-6,9H2. The van der Waals surface area contributed by atoms with Gasteiger partial charge in [0.25, 0.3) is 11.7 Å². The minimum absolute atomic E-state index is 0.420. The van der Waals surface area contributed by atoms with Gasteiger partial charge in [0.2, 0.25) is 0 Å². The van der Waals surface area contributed by atoms with Crippen molar-refractivity contribution in [1.29, 1.82) is 0 Å². The molecule has 0 unspecified atom stereocenters. The van der Waals surface area contributed by atoms with Crippen molar-refractivity contribution in [2.24, 2.45) is 0 Å². The van der Waals surface area contributed by atoms with Crippen molar-refractivity contribution in [3.63, 3.8) is 0 Å². The molecule has 1 aromatic rings. The number of hydrogen-bond acceptors (Lipinski definition) is 2. The molecular formula is C15H16ClNO2. The first-order chi connectivity index (χ1) is 9.15. The van der Waals surface area contributed by atoms with Crippen molar-refractivity contribution in [3.8, 4) is 0 Å². The number of benzene rings is 1. The van der Waals surface area contributed by atoms with Crippen LogP contribution < -0.4 is 4.90 Å². The Morgan fingerprint density at radius 3 is 2.74 bits per heavy atom. The van der Waals surface area contributed by atoms with E-state index in [9.17, 15) is 9.59 Å². The third-order valence-electron chi connectivity index (χ3n) is 3.22. The lowest BCUT2D eigenvalue weighted by Crippen LogP contribution is -2.30. The Morgan fingerprint density at radius 1 is 1.21 bits per heavy atom. The molecule has 0 radical (unpaired) electrons. The van der Waals surface area contributed by atoms with E-state index in [-0.39, 0.29) is 0 Å². The van der Waals surface area contributed by atoms with Gasteiger partial charge in [0.05, 0.1) is 11.3 Å². The summed E-state index contributed by atoms with van der Waals surface area (Å²) in [4.78, 5) is 25.3. The molecule has 0 fully saturated rings. The Hall–Kier alpha value is -1.61. The first-order valence-electron chi connectivity index (χ1n) is 6.42. The molecule has 0 saturated heterocycles. The molecule has 0 saturated carbocycles. The van der Waals surface area contributed by atoms with Crippen LogP contribution in [0.2, 0.25) is 5.02 Å². The van der Waals surface area contributed by atoms with Crippen LogP contribution in [0.3, 0.4) is 0 Å². The Morgan fingerprint density at radius 2 is 2.00 bits per heavy atom. The minimum Gasteiger partial charge on any atom is -0.305 e. The van der Waals surface area contributed by atoms with Crippen molar-refractivity contribution in [2.75, 3.05) is 11.4 Å². The molecule has 3 nitrogen and oxygen atoms in total. The summed E-state index contributed by atoms with van der Waals surface area (Å²) in [5.41, 5.74) is 1.10.